The van der Waals surface area contributed by atoms with E-state index in [2.05, 4.69) is 199 Å². The summed E-state index contributed by atoms with van der Waals surface area (Å²) >= 11 is 2.47. The Hall–Kier alpha value is -4.73. The Morgan fingerprint density at radius 1 is 0.209 bits per heavy atom. The van der Waals surface area contributed by atoms with Gasteiger partial charge in [-0.2, -0.15) is 0 Å². The molecule has 0 fully saturated rings. The summed E-state index contributed by atoms with van der Waals surface area (Å²) in [5.74, 6) is 0. The lowest BCUT2D eigenvalue weighted by Gasteiger charge is -2.15. The van der Waals surface area contributed by atoms with Crippen molar-refractivity contribution in [3.8, 4) is 66.8 Å². The van der Waals surface area contributed by atoms with Crippen molar-refractivity contribution in [2.75, 3.05) is 0 Å². The van der Waals surface area contributed by atoms with Crippen molar-refractivity contribution >= 4 is 22.6 Å². The third kappa shape index (κ3) is 6.09. The first-order valence-electron chi connectivity index (χ1n) is 14.5. The fourth-order valence-electron chi connectivity index (χ4n) is 5.70. The molecule has 0 heterocycles. The molecular weight excluding hydrogens is 631 g/mol. The third-order valence-electron chi connectivity index (χ3n) is 7.86. The van der Waals surface area contributed by atoms with Crippen molar-refractivity contribution < 1.29 is 0 Å². The van der Waals surface area contributed by atoms with Crippen molar-refractivity contribution in [3.63, 3.8) is 0 Å². The van der Waals surface area contributed by atoms with E-state index in [1.807, 2.05) is 0 Å². The van der Waals surface area contributed by atoms with E-state index in [1.54, 1.807) is 0 Å². The predicted octanol–water partition coefficient (Wildman–Crippen LogP) is 12.3. The standard InChI is InChI=1S/C42H29I/c43-42-28-40(38-23-34(30-13-5-1-6-14-30)21-35(24-38)31-15-7-2-8-16-31)27-41(29-42)39-25-36(32-17-9-3-10-18-32)22-37(26-39)33-19-11-4-12-20-33/h1-29H. The van der Waals surface area contributed by atoms with E-state index < -0.39 is 0 Å². The van der Waals surface area contributed by atoms with Gasteiger partial charge in [0.25, 0.3) is 0 Å². The van der Waals surface area contributed by atoms with E-state index >= 15 is 0 Å². The highest BCUT2D eigenvalue weighted by atomic mass is 127. The zero-order valence-corrected chi connectivity index (χ0v) is 25.8. The highest BCUT2D eigenvalue weighted by Crippen LogP contribution is 2.38. The maximum atomic E-state index is 2.47. The number of hydrogen-bond acceptors (Lipinski definition) is 0. The van der Waals surface area contributed by atoms with E-state index in [0.29, 0.717) is 0 Å². The van der Waals surface area contributed by atoms with E-state index in [1.165, 1.54) is 70.3 Å². The second-order valence-corrected chi connectivity index (χ2v) is 12.0. The molecule has 7 aromatic carbocycles. The van der Waals surface area contributed by atoms with Gasteiger partial charge >= 0.3 is 0 Å². The summed E-state index contributed by atoms with van der Waals surface area (Å²) in [5, 5.41) is 0. The van der Waals surface area contributed by atoms with Gasteiger partial charge < -0.3 is 0 Å². The smallest absolute Gasteiger partial charge is 0.0142 e. The first-order valence-corrected chi connectivity index (χ1v) is 15.6. The Morgan fingerprint density at radius 2 is 0.395 bits per heavy atom. The minimum absolute atomic E-state index is 1.21. The molecule has 0 aliphatic carbocycles. The van der Waals surface area contributed by atoms with E-state index in [4.69, 9.17) is 0 Å². The molecule has 0 bridgehead atoms. The molecule has 204 valence electrons. The van der Waals surface area contributed by atoms with Crippen LogP contribution in [-0.4, -0.2) is 0 Å². The van der Waals surface area contributed by atoms with Gasteiger partial charge in [-0.1, -0.05) is 121 Å². The molecule has 0 aromatic heterocycles. The average molecular weight is 661 g/mol. The van der Waals surface area contributed by atoms with Crippen LogP contribution >= 0.6 is 22.6 Å². The summed E-state index contributed by atoms with van der Waals surface area (Å²) in [4.78, 5) is 0. The molecule has 7 rings (SSSR count). The van der Waals surface area contributed by atoms with Crippen molar-refractivity contribution in [2.45, 2.75) is 0 Å². The Labute approximate surface area is 267 Å². The van der Waals surface area contributed by atoms with Gasteiger partial charge in [0.2, 0.25) is 0 Å². The van der Waals surface area contributed by atoms with Crippen molar-refractivity contribution in [3.05, 3.63) is 179 Å². The Bertz CT molecular complexity index is 1730. The van der Waals surface area contributed by atoms with Crippen LogP contribution in [0.5, 0.6) is 0 Å². The quantitative estimate of drug-likeness (QED) is 0.156. The summed E-state index contributed by atoms with van der Waals surface area (Å²) in [6.45, 7) is 0. The van der Waals surface area contributed by atoms with Gasteiger partial charge in [0.05, 0.1) is 0 Å². The number of benzene rings is 7. The van der Waals surface area contributed by atoms with Crippen LogP contribution in [-0.2, 0) is 0 Å². The molecule has 0 amide bonds. The van der Waals surface area contributed by atoms with Gasteiger partial charge in [0.15, 0.2) is 0 Å². The summed E-state index contributed by atoms with van der Waals surface area (Å²) in [7, 11) is 0. The lowest BCUT2D eigenvalue weighted by Crippen LogP contribution is -1.90. The van der Waals surface area contributed by atoms with Crippen LogP contribution in [0.15, 0.2) is 176 Å². The summed E-state index contributed by atoms with van der Waals surface area (Å²) < 4.78 is 1.21. The molecular formula is C42H29I. The average Bonchev–Trinajstić information content (AvgIpc) is 3.09. The van der Waals surface area contributed by atoms with Crippen LogP contribution in [0.1, 0.15) is 0 Å². The Kier molecular flexibility index (Phi) is 7.73. The number of hydrogen-bond donors (Lipinski definition) is 0. The minimum atomic E-state index is 1.21. The van der Waals surface area contributed by atoms with Gasteiger partial charge in [-0.15, -0.1) is 0 Å². The molecule has 1 heteroatoms. The van der Waals surface area contributed by atoms with Gasteiger partial charge in [0.1, 0.15) is 0 Å². The molecule has 0 spiro atoms. The molecule has 0 saturated carbocycles. The molecule has 0 saturated heterocycles. The predicted molar refractivity (Wildman–Crippen MR) is 192 cm³/mol. The molecule has 0 nitrogen and oxygen atoms in total. The molecule has 7 aromatic rings. The van der Waals surface area contributed by atoms with Gasteiger partial charge in [-0.25, -0.2) is 0 Å². The molecule has 0 unspecified atom stereocenters. The molecule has 0 aliphatic heterocycles. The van der Waals surface area contributed by atoms with E-state index in [9.17, 15) is 0 Å². The number of halogens is 1. The molecule has 0 N–H and O–H groups in total. The van der Waals surface area contributed by atoms with Crippen LogP contribution in [0.4, 0.5) is 0 Å². The maximum absolute atomic E-state index is 2.47. The van der Waals surface area contributed by atoms with E-state index in [0.717, 1.165) is 0 Å². The lowest BCUT2D eigenvalue weighted by atomic mass is 9.90. The fraction of sp³-hybridized carbons (Fsp3) is 0. The first kappa shape index (κ1) is 27.1. The Balaban J connectivity index is 1.40. The number of rotatable bonds is 6. The fourth-order valence-corrected chi connectivity index (χ4v) is 6.37. The van der Waals surface area contributed by atoms with Crippen molar-refractivity contribution in [2.24, 2.45) is 0 Å². The van der Waals surface area contributed by atoms with Crippen LogP contribution in [0.3, 0.4) is 0 Å². The SMILES string of the molecule is Ic1cc(-c2cc(-c3ccccc3)cc(-c3ccccc3)c2)cc(-c2cc(-c3ccccc3)cc(-c3ccccc3)c2)c1. The third-order valence-corrected chi connectivity index (χ3v) is 8.48. The summed E-state index contributed by atoms with van der Waals surface area (Å²) in [6, 6.07) is 63.5. The maximum Gasteiger partial charge on any atom is 0.0142 e. The lowest BCUT2D eigenvalue weighted by molar-refractivity contribution is 1.53. The van der Waals surface area contributed by atoms with Crippen molar-refractivity contribution in [1.82, 2.24) is 0 Å². The zero-order valence-electron chi connectivity index (χ0n) is 23.6. The highest BCUT2D eigenvalue weighted by Gasteiger charge is 2.12. The van der Waals surface area contributed by atoms with Crippen LogP contribution in [0.25, 0.3) is 66.8 Å². The molecule has 0 radical (unpaired) electrons. The molecule has 0 aliphatic rings. The van der Waals surface area contributed by atoms with Crippen LogP contribution in [0, 0.1) is 3.57 Å². The first-order chi connectivity index (χ1) is 21.2. The monoisotopic (exact) mass is 660 g/mol. The second-order valence-electron chi connectivity index (χ2n) is 10.8. The summed E-state index contributed by atoms with van der Waals surface area (Å²) in [6.07, 6.45) is 0. The Morgan fingerprint density at radius 3 is 0.628 bits per heavy atom. The van der Waals surface area contributed by atoms with Crippen LogP contribution < -0.4 is 0 Å². The molecule has 0 atom stereocenters. The highest BCUT2D eigenvalue weighted by molar-refractivity contribution is 14.1. The normalized spacial score (nSPS) is 10.9. The van der Waals surface area contributed by atoms with Crippen LogP contribution in [0.2, 0.25) is 0 Å². The van der Waals surface area contributed by atoms with Gasteiger partial charge in [-0.05, 0) is 144 Å². The van der Waals surface area contributed by atoms with E-state index in [-0.39, 0.29) is 0 Å². The largest absolute Gasteiger partial charge is 0.0622 e. The second kappa shape index (κ2) is 12.2. The van der Waals surface area contributed by atoms with Gasteiger partial charge in [0, 0.05) is 3.57 Å². The zero-order chi connectivity index (χ0) is 29.0. The topological polar surface area (TPSA) is 0 Å². The minimum Gasteiger partial charge on any atom is -0.0622 e. The molecule has 43 heavy (non-hydrogen) atoms. The van der Waals surface area contributed by atoms with Gasteiger partial charge in [-0.3, -0.25) is 0 Å². The summed E-state index contributed by atoms with van der Waals surface area (Å²) in [5.41, 5.74) is 14.6. The van der Waals surface area contributed by atoms with Crippen molar-refractivity contribution in [1.29, 1.82) is 0 Å².